The van der Waals surface area contributed by atoms with Crippen LogP contribution in [0, 0.1) is 0 Å². The highest BCUT2D eigenvalue weighted by Gasteiger charge is 2.17. The van der Waals surface area contributed by atoms with Gasteiger partial charge in [-0.25, -0.2) is 0 Å². The Morgan fingerprint density at radius 3 is 2.62 bits per heavy atom. The molecule has 3 heterocycles. The van der Waals surface area contributed by atoms with Crippen molar-refractivity contribution in [2.75, 3.05) is 30.1 Å². The van der Waals surface area contributed by atoms with E-state index in [2.05, 4.69) is 20.4 Å². The molecule has 1 aromatic carbocycles. The lowest BCUT2D eigenvalue weighted by molar-refractivity contribution is 0.102. The molecule has 1 saturated heterocycles. The summed E-state index contributed by atoms with van der Waals surface area (Å²) in [6.45, 7) is 2.21. The smallest absolute Gasteiger partial charge is 0.257 e. The molecule has 7 heteroatoms. The molecule has 124 valence electrons. The Bertz CT molecular complexity index is 742. The van der Waals surface area contributed by atoms with Gasteiger partial charge in [0.25, 0.3) is 5.91 Å². The molecule has 0 aliphatic carbocycles. The minimum Gasteiger partial charge on any atom is -0.454 e. The van der Waals surface area contributed by atoms with E-state index < -0.39 is 0 Å². The minimum absolute atomic E-state index is 0.184. The van der Waals surface area contributed by atoms with Crippen LogP contribution in [0.15, 0.2) is 30.3 Å². The molecule has 0 unspecified atom stereocenters. The second-order valence-corrected chi connectivity index (χ2v) is 5.85. The first-order valence-corrected chi connectivity index (χ1v) is 8.09. The van der Waals surface area contributed by atoms with Crippen LogP contribution >= 0.6 is 0 Å². The van der Waals surface area contributed by atoms with Gasteiger partial charge in [0, 0.05) is 18.7 Å². The van der Waals surface area contributed by atoms with Crippen molar-refractivity contribution in [1.82, 2.24) is 10.2 Å². The summed E-state index contributed by atoms with van der Waals surface area (Å²) in [7, 11) is 0. The Hall–Kier alpha value is -2.83. The van der Waals surface area contributed by atoms with Crippen LogP contribution in [0.4, 0.5) is 11.6 Å². The average molecular weight is 326 g/mol. The molecule has 7 nitrogen and oxygen atoms in total. The van der Waals surface area contributed by atoms with E-state index in [9.17, 15) is 4.79 Å². The Balaban J connectivity index is 1.44. The Morgan fingerprint density at radius 2 is 1.83 bits per heavy atom. The van der Waals surface area contributed by atoms with Gasteiger partial charge in [-0.1, -0.05) is 0 Å². The van der Waals surface area contributed by atoms with E-state index in [1.54, 1.807) is 24.3 Å². The third-order valence-corrected chi connectivity index (χ3v) is 4.21. The normalized spacial score (nSPS) is 16.1. The summed E-state index contributed by atoms with van der Waals surface area (Å²) < 4.78 is 10.5. The van der Waals surface area contributed by atoms with E-state index in [-0.39, 0.29) is 12.7 Å². The third kappa shape index (κ3) is 2.97. The van der Waals surface area contributed by atoms with Crippen LogP contribution in [0.25, 0.3) is 0 Å². The predicted molar refractivity (Wildman–Crippen MR) is 88.6 cm³/mol. The quantitative estimate of drug-likeness (QED) is 0.933. The fraction of sp³-hybridized carbons (Fsp3) is 0.353. The largest absolute Gasteiger partial charge is 0.454 e. The summed E-state index contributed by atoms with van der Waals surface area (Å²) >= 11 is 0. The fourth-order valence-corrected chi connectivity index (χ4v) is 2.91. The molecule has 0 spiro atoms. The highest BCUT2D eigenvalue weighted by molar-refractivity contribution is 6.04. The molecule has 24 heavy (non-hydrogen) atoms. The lowest BCUT2D eigenvalue weighted by atomic mass is 10.1. The average Bonchev–Trinajstić information content (AvgIpc) is 3.11. The van der Waals surface area contributed by atoms with Crippen LogP contribution < -0.4 is 19.7 Å². The maximum Gasteiger partial charge on any atom is 0.257 e. The molecule has 2 aliphatic heterocycles. The first-order chi connectivity index (χ1) is 11.8. The van der Waals surface area contributed by atoms with Crippen molar-refractivity contribution in [3.05, 3.63) is 35.9 Å². The number of anilines is 2. The van der Waals surface area contributed by atoms with Crippen LogP contribution in [-0.4, -0.2) is 36.0 Å². The number of rotatable bonds is 3. The number of ether oxygens (including phenoxy) is 2. The number of fused-ring (bicyclic) bond motifs is 1. The number of nitrogens with one attached hydrogen (secondary N) is 1. The Kier molecular flexibility index (Phi) is 3.90. The third-order valence-electron chi connectivity index (χ3n) is 4.21. The van der Waals surface area contributed by atoms with Crippen LogP contribution in [0.1, 0.15) is 29.6 Å². The van der Waals surface area contributed by atoms with E-state index >= 15 is 0 Å². The van der Waals surface area contributed by atoms with E-state index in [4.69, 9.17) is 9.47 Å². The van der Waals surface area contributed by atoms with Crippen molar-refractivity contribution in [2.45, 2.75) is 19.3 Å². The van der Waals surface area contributed by atoms with Crippen LogP contribution in [-0.2, 0) is 0 Å². The lowest BCUT2D eigenvalue weighted by Gasteiger charge is -2.27. The van der Waals surface area contributed by atoms with Crippen LogP contribution in [0.2, 0.25) is 0 Å². The molecule has 2 aromatic rings. The second-order valence-electron chi connectivity index (χ2n) is 5.85. The van der Waals surface area contributed by atoms with Crippen molar-refractivity contribution in [3.63, 3.8) is 0 Å². The number of aromatic nitrogens is 2. The summed E-state index contributed by atoms with van der Waals surface area (Å²) in [5.74, 6) is 2.26. The Morgan fingerprint density at radius 1 is 1.00 bits per heavy atom. The molecular formula is C17H18N4O3. The van der Waals surface area contributed by atoms with E-state index in [0.29, 0.717) is 22.9 Å². The summed E-state index contributed by atoms with van der Waals surface area (Å²) in [6, 6.07) is 8.75. The molecule has 1 aromatic heterocycles. The van der Waals surface area contributed by atoms with Gasteiger partial charge in [-0.15, -0.1) is 10.2 Å². The standard InChI is InChI=1S/C17H18N4O3/c22-17(12-4-5-13-14(10-12)24-11-23-13)18-15-6-7-16(20-19-15)21-8-2-1-3-9-21/h4-7,10H,1-3,8-9,11H2,(H,18,19,22). The number of carbonyl (C=O) groups is 1. The van der Waals surface area contributed by atoms with Gasteiger partial charge in [0.05, 0.1) is 0 Å². The zero-order chi connectivity index (χ0) is 16.4. The zero-order valence-electron chi connectivity index (χ0n) is 13.2. The Labute approximate surface area is 139 Å². The van der Waals surface area contributed by atoms with Crippen LogP contribution in [0.5, 0.6) is 11.5 Å². The molecule has 2 aliphatic rings. The van der Waals surface area contributed by atoms with Crippen molar-refractivity contribution < 1.29 is 14.3 Å². The number of amides is 1. The molecule has 1 amide bonds. The number of hydrogen-bond acceptors (Lipinski definition) is 6. The molecule has 0 bridgehead atoms. The minimum atomic E-state index is -0.256. The number of carbonyl (C=O) groups excluding carboxylic acids is 1. The van der Waals surface area contributed by atoms with Gasteiger partial charge in [0.2, 0.25) is 6.79 Å². The van der Waals surface area contributed by atoms with Gasteiger partial charge in [-0.05, 0) is 49.6 Å². The monoisotopic (exact) mass is 326 g/mol. The summed E-state index contributed by atoms with van der Waals surface area (Å²) in [6.07, 6.45) is 3.64. The SMILES string of the molecule is O=C(Nc1ccc(N2CCCCC2)nn1)c1ccc2c(c1)OCO2. The van der Waals surface area contributed by atoms with Gasteiger partial charge >= 0.3 is 0 Å². The molecule has 0 atom stereocenters. The van der Waals surface area contributed by atoms with Crippen molar-refractivity contribution in [3.8, 4) is 11.5 Å². The topological polar surface area (TPSA) is 76.6 Å². The zero-order valence-corrected chi connectivity index (χ0v) is 13.2. The van der Waals surface area contributed by atoms with Crippen LogP contribution in [0.3, 0.4) is 0 Å². The van der Waals surface area contributed by atoms with Crippen molar-refractivity contribution in [1.29, 1.82) is 0 Å². The maximum absolute atomic E-state index is 12.3. The second kappa shape index (κ2) is 6.35. The molecule has 0 radical (unpaired) electrons. The molecule has 1 N–H and O–H groups in total. The van der Waals surface area contributed by atoms with E-state index in [1.807, 2.05) is 6.07 Å². The number of nitrogens with zero attached hydrogens (tertiary/aromatic N) is 3. The highest BCUT2D eigenvalue weighted by Crippen LogP contribution is 2.32. The first kappa shape index (κ1) is 14.7. The maximum atomic E-state index is 12.3. The number of hydrogen-bond donors (Lipinski definition) is 1. The molecular weight excluding hydrogens is 308 g/mol. The summed E-state index contributed by atoms with van der Waals surface area (Å²) in [4.78, 5) is 14.5. The van der Waals surface area contributed by atoms with Crippen molar-refractivity contribution >= 4 is 17.5 Å². The summed E-state index contributed by atoms with van der Waals surface area (Å²) in [5.41, 5.74) is 0.487. The van der Waals surface area contributed by atoms with E-state index in [0.717, 1.165) is 18.9 Å². The first-order valence-electron chi connectivity index (χ1n) is 8.09. The number of piperidine rings is 1. The van der Waals surface area contributed by atoms with Gasteiger partial charge in [0.15, 0.2) is 23.1 Å². The van der Waals surface area contributed by atoms with Gasteiger partial charge < -0.3 is 19.7 Å². The summed E-state index contributed by atoms with van der Waals surface area (Å²) in [5, 5.41) is 11.1. The fourth-order valence-electron chi connectivity index (χ4n) is 2.91. The highest BCUT2D eigenvalue weighted by atomic mass is 16.7. The number of benzene rings is 1. The van der Waals surface area contributed by atoms with Crippen molar-refractivity contribution in [2.24, 2.45) is 0 Å². The lowest BCUT2D eigenvalue weighted by Crippen LogP contribution is -2.30. The van der Waals surface area contributed by atoms with Gasteiger partial charge in [-0.2, -0.15) is 0 Å². The predicted octanol–water partition coefficient (Wildman–Crippen LogP) is 2.45. The van der Waals surface area contributed by atoms with Gasteiger partial charge in [0.1, 0.15) is 0 Å². The van der Waals surface area contributed by atoms with E-state index in [1.165, 1.54) is 19.3 Å². The molecule has 0 saturated carbocycles. The molecule has 4 rings (SSSR count). The molecule has 1 fully saturated rings. The van der Waals surface area contributed by atoms with Gasteiger partial charge in [-0.3, -0.25) is 4.79 Å².